The number of carboxylic acid groups (broad SMARTS) is 1. The molecule has 122 valence electrons. The Balaban J connectivity index is 2.77. The molecule has 1 saturated heterocycles. The molecule has 1 heterocycles. The van der Waals surface area contributed by atoms with E-state index in [1.807, 2.05) is 20.8 Å². The highest BCUT2D eigenvalue weighted by Gasteiger charge is 2.46. The number of aliphatic carboxylic acids is 1. The summed E-state index contributed by atoms with van der Waals surface area (Å²) in [5, 5.41) is 9.51. The zero-order chi connectivity index (χ0) is 16.0. The van der Waals surface area contributed by atoms with E-state index in [-0.39, 0.29) is 12.1 Å². The Morgan fingerprint density at radius 3 is 2.57 bits per heavy atom. The van der Waals surface area contributed by atoms with E-state index in [0.717, 1.165) is 6.42 Å². The molecule has 6 heteroatoms. The standard InChI is InChI=1S/C15H28N2O4/c1-5-6-15(13(18)19)7-8-16(11-15)14(20)17(12(2)3)9-10-21-4/h12H,5-11H2,1-4H3,(H,18,19). The molecule has 1 aliphatic rings. The maximum absolute atomic E-state index is 12.6. The molecule has 1 fully saturated rings. The van der Waals surface area contributed by atoms with Crippen LogP contribution in [0.3, 0.4) is 0 Å². The Kier molecular flexibility index (Phi) is 6.45. The summed E-state index contributed by atoms with van der Waals surface area (Å²) in [5.41, 5.74) is -0.770. The predicted molar refractivity (Wildman–Crippen MR) is 80.3 cm³/mol. The number of carboxylic acids is 1. The molecule has 1 N–H and O–H groups in total. The second-order valence-electron chi connectivity index (χ2n) is 6.07. The van der Waals surface area contributed by atoms with Gasteiger partial charge in [0.05, 0.1) is 12.0 Å². The Hall–Kier alpha value is -1.30. The van der Waals surface area contributed by atoms with Crippen molar-refractivity contribution < 1.29 is 19.4 Å². The van der Waals surface area contributed by atoms with Crippen molar-refractivity contribution in [3.05, 3.63) is 0 Å². The Labute approximate surface area is 127 Å². The SMILES string of the molecule is CCCC1(C(=O)O)CCN(C(=O)N(CCOC)C(C)C)C1. The van der Waals surface area contributed by atoms with Gasteiger partial charge in [-0.15, -0.1) is 0 Å². The number of amides is 2. The number of hydrogen-bond donors (Lipinski definition) is 1. The van der Waals surface area contributed by atoms with E-state index in [9.17, 15) is 14.7 Å². The van der Waals surface area contributed by atoms with Crippen LogP contribution in [0.25, 0.3) is 0 Å². The van der Waals surface area contributed by atoms with E-state index >= 15 is 0 Å². The van der Waals surface area contributed by atoms with Gasteiger partial charge < -0.3 is 19.6 Å². The minimum Gasteiger partial charge on any atom is -0.481 e. The summed E-state index contributed by atoms with van der Waals surface area (Å²) in [7, 11) is 1.61. The Morgan fingerprint density at radius 1 is 1.43 bits per heavy atom. The minimum atomic E-state index is -0.785. The van der Waals surface area contributed by atoms with Crippen molar-refractivity contribution in [3.8, 4) is 0 Å². The fourth-order valence-electron chi connectivity index (χ4n) is 2.95. The summed E-state index contributed by atoms with van der Waals surface area (Å²) in [4.78, 5) is 27.6. The Bertz CT molecular complexity index is 373. The largest absolute Gasteiger partial charge is 0.481 e. The maximum Gasteiger partial charge on any atom is 0.320 e. The molecule has 1 aliphatic heterocycles. The molecule has 21 heavy (non-hydrogen) atoms. The van der Waals surface area contributed by atoms with Crippen molar-refractivity contribution in [1.29, 1.82) is 0 Å². The predicted octanol–water partition coefficient (Wildman–Crippen LogP) is 2.04. The fourth-order valence-corrected chi connectivity index (χ4v) is 2.95. The number of rotatable bonds is 7. The number of methoxy groups -OCH3 is 1. The van der Waals surface area contributed by atoms with Crippen LogP contribution in [0.5, 0.6) is 0 Å². The first kappa shape index (κ1) is 17.8. The lowest BCUT2D eigenvalue weighted by molar-refractivity contribution is -0.148. The van der Waals surface area contributed by atoms with Crippen LogP contribution in [-0.4, -0.2) is 66.3 Å². The number of carbonyl (C=O) groups excluding carboxylic acids is 1. The van der Waals surface area contributed by atoms with Gasteiger partial charge in [0, 0.05) is 32.8 Å². The van der Waals surface area contributed by atoms with E-state index in [1.165, 1.54) is 0 Å². The molecule has 0 radical (unpaired) electrons. The van der Waals surface area contributed by atoms with Gasteiger partial charge in [0.1, 0.15) is 0 Å². The quantitative estimate of drug-likeness (QED) is 0.781. The maximum atomic E-state index is 12.6. The summed E-state index contributed by atoms with van der Waals surface area (Å²) < 4.78 is 5.05. The molecule has 0 aromatic heterocycles. The number of nitrogens with zero attached hydrogens (tertiary/aromatic N) is 2. The second kappa shape index (κ2) is 7.64. The zero-order valence-corrected chi connectivity index (χ0v) is 13.6. The third-order valence-electron chi connectivity index (χ3n) is 4.21. The molecule has 0 aliphatic carbocycles. The van der Waals surface area contributed by atoms with Gasteiger partial charge in [0.15, 0.2) is 0 Å². The molecule has 0 saturated carbocycles. The third-order valence-corrected chi connectivity index (χ3v) is 4.21. The first-order chi connectivity index (χ1) is 9.88. The summed E-state index contributed by atoms with van der Waals surface area (Å²) >= 11 is 0. The van der Waals surface area contributed by atoms with Crippen LogP contribution < -0.4 is 0 Å². The van der Waals surface area contributed by atoms with Crippen molar-refractivity contribution in [1.82, 2.24) is 9.80 Å². The average Bonchev–Trinajstić information content (AvgIpc) is 2.84. The highest BCUT2D eigenvalue weighted by molar-refractivity contribution is 5.80. The van der Waals surface area contributed by atoms with Crippen molar-refractivity contribution in [3.63, 3.8) is 0 Å². The molecule has 0 spiro atoms. The first-order valence-corrected chi connectivity index (χ1v) is 7.66. The van der Waals surface area contributed by atoms with E-state index in [1.54, 1.807) is 16.9 Å². The van der Waals surface area contributed by atoms with Crippen LogP contribution in [0.4, 0.5) is 4.79 Å². The molecule has 1 rings (SSSR count). The highest BCUT2D eigenvalue weighted by atomic mass is 16.5. The van der Waals surface area contributed by atoms with Crippen LogP contribution in [0.2, 0.25) is 0 Å². The monoisotopic (exact) mass is 300 g/mol. The number of urea groups is 1. The highest BCUT2D eigenvalue weighted by Crippen LogP contribution is 2.36. The summed E-state index contributed by atoms with van der Waals surface area (Å²) in [5.74, 6) is -0.785. The van der Waals surface area contributed by atoms with Gasteiger partial charge in [-0.1, -0.05) is 13.3 Å². The zero-order valence-electron chi connectivity index (χ0n) is 13.6. The lowest BCUT2D eigenvalue weighted by Crippen LogP contribution is -2.48. The topological polar surface area (TPSA) is 70.1 Å². The molecule has 1 atom stereocenters. The summed E-state index contributed by atoms with van der Waals surface area (Å²) in [6.07, 6.45) is 1.97. The molecule has 6 nitrogen and oxygen atoms in total. The average molecular weight is 300 g/mol. The molecule has 0 aromatic carbocycles. The van der Waals surface area contributed by atoms with Gasteiger partial charge in [0.25, 0.3) is 0 Å². The van der Waals surface area contributed by atoms with Crippen molar-refractivity contribution >= 4 is 12.0 Å². The van der Waals surface area contributed by atoms with Gasteiger partial charge in [0.2, 0.25) is 0 Å². The molecular weight excluding hydrogens is 272 g/mol. The van der Waals surface area contributed by atoms with Crippen molar-refractivity contribution in [2.24, 2.45) is 5.41 Å². The van der Waals surface area contributed by atoms with Crippen LogP contribution in [0.1, 0.15) is 40.0 Å². The van der Waals surface area contributed by atoms with E-state index in [0.29, 0.717) is 39.1 Å². The molecule has 0 bridgehead atoms. The second-order valence-corrected chi connectivity index (χ2v) is 6.07. The van der Waals surface area contributed by atoms with Crippen LogP contribution in [0, 0.1) is 5.41 Å². The van der Waals surface area contributed by atoms with Crippen LogP contribution in [0.15, 0.2) is 0 Å². The van der Waals surface area contributed by atoms with Crippen molar-refractivity contribution in [2.75, 3.05) is 33.4 Å². The summed E-state index contributed by atoms with van der Waals surface area (Å²) in [6.45, 7) is 7.73. The number of carbonyl (C=O) groups is 2. The lowest BCUT2D eigenvalue weighted by Gasteiger charge is -2.32. The van der Waals surface area contributed by atoms with Gasteiger partial charge in [-0.3, -0.25) is 4.79 Å². The third kappa shape index (κ3) is 4.09. The smallest absolute Gasteiger partial charge is 0.320 e. The van der Waals surface area contributed by atoms with Gasteiger partial charge in [-0.2, -0.15) is 0 Å². The number of ether oxygens (including phenoxy) is 1. The molecule has 2 amide bonds. The number of likely N-dealkylation sites (tertiary alicyclic amines) is 1. The summed E-state index contributed by atoms with van der Waals surface area (Å²) in [6, 6.07) is -0.0140. The van der Waals surface area contributed by atoms with Gasteiger partial charge in [-0.05, 0) is 26.7 Å². The minimum absolute atomic E-state index is 0.0682. The molecule has 1 unspecified atom stereocenters. The van der Waals surface area contributed by atoms with E-state index in [4.69, 9.17) is 4.74 Å². The first-order valence-electron chi connectivity index (χ1n) is 7.66. The lowest BCUT2D eigenvalue weighted by atomic mass is 9.83. The van der Waals surface area contributed by atoms with Gasteiger partial charge in [-0.25, -0.2) is 4.79 Å². The normalized spacial score (nSPS) is 21.9. The Morgan fingerprint density at radius 2 is 2.10 bits per heavy atom. The van der Waals surface area contributed by atoms with Crippen molar-refractivity contribution in [2.45, 2.75) is 46.1 Å². The number of hydrogen-bond acceptors (Lipinski definition) is 3. The van der Waals surface area contributed by atoms with Gasteiger partial charge >= 0.3 is 12.0 Å². The van der Waals surface area contributed by atoms with E-state index < -0.39 is 11.4 Å². The molecule has 0 aromatic rings. The van der Waals surface area contributed by atoms with Crippen LogP contribution in [-0.2, 0) is 9.53 Å². The van der Waals surface area contributed by atoms with Crippen LogP contribution >= 0.6 is 0 Å². The van der Waals surface area contributed by atoms with E-state index in [2.05, 4.69) is 0 Å². The molecular formula is C15H28N2O4. The fraction of sp³-hybridized carbons (Fsp3) is 0.867.